The molecule has 0 aliphatic heterocycles. The van der Waals surface area contributed by atoms with Crippen LogP contribution < -0.4 is 4.74 Å². The van der Waals surface area contributed by atoms with Crippen LogP contribution in [0.4, 0.5) is 0 Å². The Labute approximate surface area is 177 Å². The van der Waals surface area contributed by atoms with Gasteiger partial charge >= 0.3 is 5.97 Å². The van der Waals surface area contributed by atoms with Gasteiger partial charge in [0.2, 0.25) is 0 Å². The first kappa shape index (κ1) is 20.9. The predicted molar refractivity (Wildman–Crippen MR) is 123 cm³/mol. The van der Waals surface area contributed by atoms with Crippen LogP contribution in [0, 0.1) is 5.92 Å². The lowest BCUT2D eigenvalue weighted by Crippen LogP contribution is -2.13. The monoisotopic (exact) mass is 414 g/mol. The number of rotatable bonds is 10. The largest absolute Gasteiger partial charge is 0.489 e. The third-order valence-corrected chi connectivity index (χ3v) is 5.86. The number of hydrogen-bond donors (Lipinski definition) is 2. The van der Waals surface area contributed by atoms with Crippen LogP contribution in [0.15, 0.2) is 54.6 Å². The summed E-state index contributed by atoms with van der Waals surface area (Å²) in [7, 11) is 0. The second kappa shape index (κ2) is 10.6. The van der Waals surface area contributed by atoms with Crippen LogP contribution in [0.5, 0.6) is 5.75 Å². The molecule has 148 valence electrons. The maximum absolute atomic E-state index is 11.9. The molecule has 28 heavy (non-hydrogen) atoms. The SMILES string of the molecule is O=C(CCCC(CS)CS)OCCOc1c2ccccc2cc2ccccc12. The van der Waals surface area contributed by atoms with Crippen molar-refractivity contribution in [2.24, 2.45) is 5.92 Å². The van der Waals surface area contributed by atoms with Crippen molar-refractivity contribution >= 4 is 52.8 Å². The smallest absolute Gasteiger partial charge is 0.305 e. The van der Waals surface area contributed by atoms with Gasteiger partial charge in [0.1, 0.15) is 19.0 Å². The zero-order valence-corrected chi connectivity index (χ0v) is 17.6. The summed E-state index contributed by atoms with van der Waals surface area (Å²) in [4.78, 5) is 11.9. The van der Waals surface area contributed by atoms with E-state index in [4.69, 9.17) is 9.47 Å². The molecule has 0 N–H and O–H groups in total. The second-order valence-corrected chi connectivity index (χ2v) is 7.57. The van der Waals surface area contributed by atoms with Gasteiger partial charge in [-0.05, 0) is 47.1 Å². The van der Waals surface area contributed by atoms with E-state index in [-0.39, 0.29) is 12.6 Å². The zero-order chi connectivity index (χ0) is 19.8. The topological polar surface area (TPSA) is 35.5 Å². The van der Waals surface area contributed by atoms with Crippen LogP contribution in [-0.4, -0.2) is 30.7 Å². The van der Waals surface area contributed by atoms with E-state index in [2.05, 4.69) is 55.6 Å². The van der Waals surface area contributed by atoms with Crippen LogP contribution in [-0.2, 0) is 9.53 Å². The first-order chi connectivity index (χ1) is 13.7. The minimum atomic E-state index is -0.177. The van der Waals surface area contributed by atoms with Crippen LogP contribution >= 0.6 is 25.3 Å². The summed E-state index contributed by atoms with van der Waals surface area (Å²) >= 11 is 8.59. The summed E-state index contributed by atoms with van der Waals surface area (Å²) in [5.41, 5.74) is 0. The minimum Gasteiger partial charge on any atom is -0.489 e. The Balaban J connectivity index is 1.56. The van der Waals surface area contributed by atoms with Crippen LogP contribution in [0.25, 0.3) is 21.5 Å². The Bertz CT molecular complexity index is 868. The first-order valence-electron chi connectivity index (χ1n) is 9.63. The highest BCUT2D eigenvalue weighted by atomic mass is 32.1. The molecular weight excluding hydrogens is 388 g/mol. The summed E-state index contributed by atoms with van der Waals surface area (Å²) < 4.78 is 11.4. The van der Waals surface area contributed by atoms with Gasteiger partial charge in [0.15, 0.2) is 0 Å². The highest BCUT2D eigenvalue weighted by molar-refractivity contribution is 7.81. The fourth-order valence-corrected chi connectivity index (χ4v) is 4.10. The summed E-state index contributed by atoms with van der Waals surface area (Å²) in [6.07, 6.45) is 2.18. The molecule has 3 rings (SSSR count). The molecule has 3 aromatic carbocycles. The van der Waals surface area contributed by atoms with Crippen molar-refractivity contribution in [2.75, 3.05) is 24.7 Å². The molecule has 0 aromatic heterocycles. The van der Waals surface area contributed by atoms with E-state index in [1.54, 1.807) is 0 Å². The highest BCUT2D eigenvalue weighted by Gasteiger charge is 2.10. The molecule has 0 saturated heterocycles. The molecule has 3 aromatic rings. The Morgan fingerprint density at radius 2 is 1.50 bits per heavy atom. The van der Waals surface area contributed by atoms with E-state index in [0.717, 1.165) is 51.6 Å². The first-order valence-corrected chi connectivity index (χ1v) is 10.9. The average molecular weight is 415 g/mol. The third kappa shape index (κ3) is 5.36. The Hall–Kier alpha value is -1.85. The Morgan fingerprint density at radius 3 is 2.11 bits per heavy atom. The van der Waals surface area contributed by atoms with Gasteiger partial charge in [-0.1, -0.05) is 48.5 Å². The van der Waals surface area contributed by atoms with Crippen molar-refractivity contribution in [3.63, 3.8) is 0 Å². The normalized spacial score (nSPS) is 11.2. The summed E-state index contributed by atoms with van der Waals surface area (Å²) in [6.45, 7) is 0.582. The molecule has 0 saturated carbocycles. The van der Waals surface area contributed by atoms with Gasteiger partial charge in [-0.2, -0.15) is 25.3 Å². The molecule has 0 radical (unpaired) electrons. The molecule has 0 fully saturated rings. The van der Waals surface area contributed by atoms with Gasteiger partial charge in [-0.15, -0.1) is 0 Å². The summed E-state index contributed by atoms with van der Waals surface area (Å²) in [5.74, 6) is 2.71. The number of thiol groups is 2. The van der Waals surface area contributed by atoms with Crippen molar-refractivity contribution in [1.29, 1.82) is 0 Å². The molecular formula is C23H26O3S2. The lowest BCUT2D eigenvalue weighted by molar-refractivity contribution is -0.144. The lowest BCUT2D eigenvalue weighted by Gasteiger charge is -2.13. The molecule has 0 atom stereocenters. The fraction of sp³-hybridized carbons (Fsp3) is 0.348. The predicted octanol–water partition coefficient (Wildman–Crippen LogP) is 5.56. The number of fused-ring (bicyclic) bond motifs is 2. The van der Waals surface area contributed by atoms with Gasteiger partial charge in [-0.3, -0.25) is 4.79 Å². The molecule has 0 spiro atoms. The Morgan fingerprint density at radius 1 is 0.893 bits per heavy atom. The van der Waals surface area contributed by atoms with Crippen molar-refractivity contribution < 1.29 is 14.3 Å². The molecule has 0 heterocycles. The molecule has 5 heteroatoms. The number of carbonyl (C=O) groups is 1. The molecule has 0 bridgehead atoms. The van der Waals surface area contributed by atoms with Crippen molar-refractivity contribution in [3.8, 4) is 5.75 Å². The van der Waals surface area contributed by atoms with Gasteiger partial charge in [0, 0.05) is 17.2 Å². The van der Waals surface area contributed by atoms with Gasteiger partial charge < -0.3 is 9.47 Å². The molecule has 0 amide bonds. The summed E-state index contributed by atoms with van der Waals surface area (Å²) in [5, 5.41) is 4.40. The average Bonchev–Trinajstić information content (AvgIpc) is 2.73. The quantitative estimate of drug-likeness (QED) is 0.197. The zero-order valence-electron chi connectivity index (χ0n) is 15.8. The fourth-order valence-electron chi connectivity index (χ4n) is 3.27. The van der Waals surface area contributed by atoms with E-state index in [0.29, 0.717) is 18.9 Å². The number of benzene rings is 3. The molecule has 0 aliphatic carbocycles. The van der Waals surface area contributed by atoms with Gasteiger partial charge in [0.05, 0.1) is 0 Å². The number of ether oxygens (including phenoxy) is 2. The van der Waals surface area contributed by atoms with Gasteiger partial charge in [-0.25, -0.2) is 0 Å². The van der Waals surface area contributed by atoms with Crippen molar-refractivity contribution in [3.05, 3.63) is 54.6 Å². The van der Waals surface area contributed by atoms with E-state index in [1.807, 2.05) is 24.3 Å². The van der Waals surface area contributed by atoms with Crippen molar-refractivity contribution in [2.45, 2.75) is 19.3 Å². The van der Waals surface area contributed by atoms with Crippen LogP contribution in [0.1, 0.15) is 19.3 Å². The highest BCUT2D eigenvalue weighted by Crippen LogP contribution is 2.34. The second-order valence-electron chi connectivity index (χ2n) is 6.84. The van der Waals surface area contributed by atoms with Gasteiger partial charge in [0.25, 0.3) is 0 Å². The Kier molecular flexibility index (Phi) is 7.92. The van der Waals surface area contributed by atoms with Crippen LogP contribution in [0.2, 0.25) is 0 Å². The third-order valence-electron chi connectivity index (χ3n) is 4.82. The number of esters is 1. The van der Waals surface area contributed by atoms with Crippen molar-refractivity contribution in [1.82, 2.24) is 0 Å². The summed E-state index contributed by atoms with van der Waals surface area (Å²) in [6, 6.07) is 18.5. The molecule has 0 aliphatic rings. The van der Waals surface area contributed by atoms with E-state index in [1.165, 1.54) is 0 Å². The molecule has 0 unspecified atom stereocenters. The van der Waals surface area contributed by atoms with Crippen LogP contribution in [0.3, 0.4) is 0 Å². The number of hydrogen-bond acceptors (Lipinski definition) is 5. The standard InChI is InChI=1S/C23H26O3S2/c24-22(11-5-6-17(15-27)16-28)25-12-13-26-23-20-9-3-1-7-18(20)14-19-8-2-4-10-21(19)23/h1-4,7-10,14,17,27-28H,5-6,11-13,15-16H2. The van der Waals surface area contributed by atoms with E-state index in [9.17, 15) is 4.79 Å². The maximum Gasteiger partial charge on any atom is 0.305 e. The maximum atomic E-state index is 11.9. The minimum absolute atomic E-state index is 0.177. The lowest BCUT2D eigenvalue weighted by atomic mass is 10.0. The number of carbonyl (C=O) groups excluding carboxylic acids is 1. The van der Waals surface area contributed by atoms with E-state index >= 15 is 0 Å². The van der Waals surface area contributed by atoms with E-state index < -0.39 is 0 Å². The molecule has 3 nitrogen and oxygen atoms in total.